The molecule has 1 aliphatic rings. The van der Waals surface area contributed by atoms with Crippen molar-refractivity contribution < 1.29 is 10.2 Å². The summed E-state index contributed by atoms with van der Waals surface area (Å²) in [6.07, 6.45) is 2.93. The zero-order valence-corrected chi connectivity index (χ0v) is 12.1. The molecule has 2 rings (SSSR count). The van der Waals surface area contributed by atoms with E-state index >= 15 is 0 Å². The number of likely N-dealkylation sites (N-methyl/N-ethyl adjacent to an activating group) is 1. The van der Waals surface area contributed by atoms with Crippen LogP contribution in [0.25, 0.3) is 0 Å². The Balaban J connectivity index is 1.94. The van der Waals surface area contributed by atoms with E-state index < -0.39 is 0 Å². The maximum absolute atomic E-state index is 9.88. The number of nitrogens with zero attached hydrogens (tertiary/aromatic N) is 2. The molecule has 1 aliphatic carbocycles. The molecule has 1 aromatic rings. The Morgan fingerprint density at radius 3 is 2.53 bits per heavy atom. The van der Waals surface area contributed by atoms with E-state index in [0.717, 1.165) is 43.5 Å². The molecule has 0 radical (unpaired) electrons. The molecule has 0 amide bonds. The normalized spacial score (nSPS) is 18.3. The summed E-state index contributed by atoms with van der Waals surface area (Å²) in [7, 11) is 6.32. The predicted molar refractivity (Wildman–Crippen MR) is 76.8 cm³/mol. The molecular weight excluding hydrogens is 240 g/mol. The molecule has 0 saturated heterocycles. The van der Waals surface area contributed by atoms with Gasteiger partial charge in [-0.15, -0.1) is 0 Å². The first kappa shape index (κ1) is 14.2. The van der Waals surface area contributed by atoms with Gasteiger partial charge in [0.25, 0.3) is 0 Å². The lowest BCUT2D eigenvalue weighted by Gasteiger charge is -2.24. The summed E-state index contributed by atoms with van der Waals surface area (Å²) in [5.41, 5.74) is 2.09. The van der Waals surface area contributed by atoms with Gasteiger partial charge < -0.3 is 20.0 Å². The molecule has 0 bridgehead atoms. The van der Waals surface area contributed by atoms with Gasteiger partial charge in [0.05, 0.1) is 0 Å². The van der Waals surface area contributed by atoms with Gasteiger partial charge in [0.1, 0.15) is 11.5 Å². The van der Waals surface area contributed by atoms with E-state index in [1.54, 1.807) is 6.07 Å². The third kappa shape index (κ3) is 3.39. The summed E-state index contributed by atoms with van der Waals surface area (Å²) < 4.78 is 0. The average molecular weight is 264 g/mol. The minimum absolute atomic E-state index is 0.159. The van der Waals surface area contributed by atoms with Crippen LogP contribution in [0.1, 0.15) is 17.5 Å². The van der Waals surface area contributed by atoms with Gasteiger partial charge in [-0.1, -0.05) is 0 Å². The fraction of sp³-hybridized carbons (Fsp3) is 0.600. The smallest absolute Gasteiger partial charge is 0.122 e. The average Bonchev–Trinajstić information content (AvgIpc) is 2.72. The molecule has 0 spiro atoms. The van der Waals surface area contributed by atoms with Crippen molar-refractivity contribution in [2.75, 3.05) is 34.2 Å². The number of phenolic OH excluding ortho intramolecular Hbond substituents is 2. The molecule has 19 heavy (non-hydrogen) atoms. The van der Waals surface area contributed by atoms with Crippen molar-refractivity contribution in [2.24, 2.45) is 0 Å². The summed E-state index contributed by atoms with van der Waals surface area (Å²) >= 11 is 0. The van der Waals surface area contributed by atoms with Crippen molar-refractivity contribution in [3.05, 3.63) is 23.3 Å². The largest absolute Gasteiger partial charge is 0.508 e. The minimum Gasteiger partial charge on any atom is -0.508 e. The highest BCUT2D eigenvalue weighted by Crippen LogP contribution is 2.35. The first-order chi connectivity index (χ1) is 8.97. The second-order valence-corrected chi connectivity index (χ2v) is 5.80. The van der Waals surface area contributed by atoms with Gasteiger partial charge in [0.2, 0.25) is 0 Å². The summed E-state index contributed by atoms with van der Waals surface area (Å²) in [5, 5.41) is 19.4. The first-order valence-electron chi connectivity index (χ1n) is 6.86. The Morgan fingerprint density at radius 1 is 1.11 bits per heavy atom. The third-order valence-corrected chi connectivity index (χ3v) is 3.94. The Bertz CT molecular complexity index is 446. The van der Waals surface area contributed by atoms with E-state index in [0.29, 0.717) is 6.04 Å². The van der Waals surface area contributed by atoms with Crippen LogP contribution >= 0.6 is 0 Å². The molecule has 1 aromatic carbocycles. The molecule has 4 heteroatoms. The summed E-state index contributed by atoms with van der Waals surface area (Å²) in [6, 6.07) is 3.65. The number of fused-ring (bicyclic) bond motifs is 1. The van der Waals surface area contributed by atoms with Crippen LogP contribution in [0.2, 0.25) is 0 Å². The molecule has 4 nitrogen and oxygen atoms in total. The molecule has 0 fully saturated rings. The van der Waals surface area contributed by atoms with Crippen molar-refractivity contribution >= 4 is 0 Å². The van der Waals surface area contributed by atoms with Crippen LogP contribution in [-0.4, -0.2) is 60.3 Å². The topological polar surface area (TPSA) is 46.9 Å². The first-order valence-corrected chi connectivity index (χ1v) is 6.86. The van der Waals surface area contributed by atoms with Crippen molar-refractivity contribution in [3.8, 4) is 11.5 Å². The molecule has 1 atom stereocenters. The van der Waals surface area contributed by atoms with Gasteiger partial charge in [-0.25, -0.2) is 0 Å². The molecule has 0 aliphatic heterocycles. The van der Waals surface area contributed by atoms with Crippen LogP contribution in [0.15, 0.2) is 12.1 Å². The highest BCUT2D eigenvalue weighted by molar-refractivity contribution is 5.48. The number of phenols is 2. The second-order valence-electron chi connectivity index (χ2n) is 5.80. The maximum Gasteiger partial charge on any atom is 0.122 e. The fourth-order valence-electron chi connectivity index (χ4n) is 2.81. The van der Waals surface area contributed by atoms with Crippen LogP contribution < -0.4 is 0 Å². The standard InChI is InChI=1S/C15H24N2O2/c1-16(2)5-4-6-17(3)12-7-11-8-13(18)10-15(19)14(11)9-12/h8,10,12,18-19H,4-7,9H2,1-3H3. The molecule has 106 valence electrons. The fourth-order valence-corrected chi connectivity index (χ4v) is 2.81. The molecule has 2 N–H and O–H groups in total. The van der Waals surface area contributed by atoms with Crippen molar-refractivity contribution in [3.63, 3.8) is 0 Å². The monoisotopic (exact) mass is 264 g/mol. The van der Waals surface area contributed by atoms with Gasteiger partial charge in [0, 0.05) is 12.1 Å². The van der Waals surface area contributed by atoms with Gasteiger partial charge in [-0.3, -0.25) is 0 Å². The number of rotatable bonds is 5. The van der Waals surface area contributed by atoms with Gasteiger partial charge in [0.15, 0.2) is 0 Å². The Labute approximate surface area is 115 Å². The number of benzene rings is 1. The van der Waals surface area contributed by atoms with Crippen molar-refractivity contribution in [1.29, 1.82) is 0 Å². The lowest BCUT2D eigenvalue weighted by Crippen LogP contribution is -2.34. The minimum atomic E-state index is 0.159. The maximum atomic E-state index is 9.88. The highest BCUT2D eigenvalue weighted by Gasteiger charge is 2.27. The van der Waals surface area contributed by atoms with Crippen LogP contribution in [0, 0.1) is 0 Å². The molecular formula is C15H24N2O2. The van der Waals surface area contributed by atoms with E-state index in [1.807, 2.05) is 0 Å². The van der Waals surface area contributed by atoms with Crippen LogP contribution in [0.4, 0.5) is 0 Å². The number of hydrogen-bond acceptors (Lipinski definition) is 4. The molecule has 0 aromatic heterocycles. The van der Waals surface area contributed by atoms with Crippen molar-refractivity contribution in [1.82, 2.24) is 9.80 Å². The lowest BCUT2D eigenvalue weighted by atomic mass is 10.1. The van der Waals surface area contributed by atoms with E-state index in [4.69, 9.17) is 0 Å². The van der Waals surface area contributed by atoms with Crippen molar-refractivity contribution in [2.45, 2.75) is 25.3 Å². The lowest BCUT2D eigenvalue weighted by molar-refractivity contribution is 0.234. The van der Waals surface area contributed by atoms with E-state index in [2.05, 4.69) is 30.9 Å². The summed E-state index contributed by atoms with van der Waals surface area (Å²) in [4.78, 5) is 4.56. The quantitative estimate of drug-likeness (QED) is 0.845. The zero-order chi connectivity index (χ0) is 14.0. The van der Waals surface area contributed by atoms with Crippen LogP contribution in [0.5, 0.6) is 11.5 Å². The number of hydrogen-bond donors (Lipinski definition) is 2. The highest BCUT2D eigenvalue weighted by atomic mass is 16.3. The summed E-state index contributed by atoms with van der Waals surface area (Å²) in [5.74, 6) is 0.395. The Kier molecular flexibility index (Phi) is 4.32. The summed E-state index contributed by atoms with van der Waals surface area (Å²) in [6.45, 7) is 2.15. The van der Waals surface area contributed by atoms with Gasteiger partial charge in [-0.05, 0) is 70.7 Å². The van der Waals surface area contributed by atoms with E-state index in [1.165, 1.54) is 6.07 Å². The molecule has 1 unspecified atom stereocenters. The van der Waals surface area contributed by atoms with Crippen LogP contribution in [0.3, 0.4) is 0 Å². The number of aromatic hydroxyl groups is 2. The van der Waals surface area contributed by atoms with E-state index in [-0.39, 0.29) is 11.5 Å². The molecule has 0 saturated carbocycles. The predicted octanol–water partition coefficient (Wildman–Crippen LogP) is 1.45. The van der Waals surface area contributed by atoms with E-state index in [9.17, 15) is 10.2 Å². The van der Waals surface area contributed by atoms with Gasteiger partial charge >= 0.3 is 0 Å². The Morgan fingerprint density at radius 2 is 1.84 bits per heavy atom. The Hall–Kier alpha value is -1.26. The SMILES string of the molecule is CN(C)CCCN(C)C1Cc2cc(O)cc(O)c2C1. The van der Waals surface area contributed by atoms with Gasteiger partial charge in [-0.2, -0.15) is 0 Å². The zero-order valence-electron chi connectivity index (χ0n) is 12.1. The molecule has 0 heterocycles. The third-order valence-electron chi connectivity index (χ3n) is 3.94. The van der Waals surface area contributed by atoms with Crippen LogP contribution in [-0.2, 0) is 12.8 Å². The second kappa shape index (κ2) is 5.80.